The van der Waals surface area contributed by atoms with Crippen molar-refractivity contribution in [3.05, 3.63) is 59.7 Å². The molecule has 2 fully saturated rings. The summed E-state index contributed by atoms with van der Waals surface area (Å²) < 4.78 is 102. The van der Waals surface area contributed by atoms with E-state index in [1.807, 2.05) is 0 Å². The second-order valence-corrected chi connectivity index (χ2v) is 16.8. The third kappa shape index (κ3) is 9.09. The van der Waals surface area contributed by atoms with Gasteiger partial charge in [-0.25, -0.2) is 4.79 Å². The van der Waals surface area contributed by atoms with Crippen LogP contribution in [0.25, 0.3) is 0 Å². The van der Waals surface area contributed by atoms with Crippen LogP contribution in [0, 0.1) is 48.4 Å². The first-order valence-corrected chi connectivity index (χ1v) is 19.8. The van der Waals surface area contributed by atoms with Crippen molar-refractivity contribution < 1.29 is 53.0 Å². The number of para-hydroxylation sites is 1. The van der Waals surface area contributed by atoms with Gasteiger partial charge >= 0.3 is 11.9 Å². The van der Waals surface area contributed by atoms with Crippen molar-refractivity contribution in [3.8, 4) is 23.3 Å². The van der Waals surface area contributed by atoms with Gasteiger partial charge in [0.15, 0.2) is 0 Å². The fraction of sp³-hybridized carbons (Fsp3) is 0.556. The highest BCUT2D eigenvalue weighted by Crippen LogP contribution is 2.68. The van der Waals surface area contributed by atoms with Crippen molar-refractivity contribution in [1.29, 1.82) is 0 Å². The molecule has 0 radical (unpaired) electrons. The molecule has 0 spiro atoms. The van der Waals surface area contributed by atoms with Crippen LogP contribution in [0.3, 0.4) is 0 Å². The molecule has 2 aliphatic rings. The molecule has 2 aromatic rings. The highest BCUT2D eigenvalue weighted by atomic mass is 32.2. The minimum atomic E-state index is -4.17. The van der Waals surface area contributed by atoms with E-state index >= 15 is 0 Å². The van der Waals surface area contributed by atoms with Gasteiger partial charge in [-0.1, -0.05) is 43.2 Å². The van der Waals surface area contributed by atoms with Gasteiger partial charge < -0.3 is 9.47 Å². The Kier molecular flexibility index (Phi) is 11.6. The molecule has 274 valence electrons. The van der Waals surface area contributed by atoms with Crippen molar-refractivity contribution in [2.75, 3.05) is 19.6 Å². The van der Waals surface area contributed by atoms with Crippen LogP contribution in [0.4, 0.5) is 8.78 Å². The fourth-order valence-corrected chi connectivity index (χ4v) is 9.14. The number of halogens is 2. The molecular weight excluding hydrogens is 695 g/mol. The Morgan fingerprint density at radius 3 is 2.18 bits per heavy atom. The van der Waals surface area contributed by atoms with E-state index in [-0.39, 0.29) is 36.7 Å². The van der Waals surface area contributed by atoms with Gasteiger partial charge in [0.1, 0.15) is 28.5 Å². The Labute approximate surface area is 293 Å². The average Bonchev–Trinajstić information content (AvgIpc) is 3.60. The van der Waals surface area contributed by atoms with Crippen molar-refractivity contribution in [1.82, 2.24) is 0 Å². The zero-order valence-corrected chi connectivity index (χ0v) is 30.8. The summed E-state index contributed by atoms with van der Waals surface area (Å²) in [6.07, 6.45) is 0.946. The number of rotatable bonds is 15. The quantitative estimate of drug-likeness (QED) is 0.0994. The third-order valence-corrected chi connectivity index (χ3v) is 11.2. The normalized spacial score (nSPS) is 23.4. The van der Waals surface area contributed by atoms with E-state index in [9.17, 15) is 35.2 Å². The number of fused-ring (bicyclic) bond motifs is 1. The number of hydrogen-bond donors (Lipinski definition) is 0. The monoisotopic (exact) mass is 738 g/mol. The Morgan fingerprint density at radius 1 is 0.980 bits per heavy atom. The number of benzene rings is 2. The van der Waals surface area contributed by atoms with Gasteiger partial charge in [-0.15, -0.1) is 5.92 Å². The molecule has 0 bridgehead atoms. The Balaban J connectivity index is 1.53. The smallest absolute Gasteiger partial charge is 0.382 e. The summed E-state index contributed by atoms with van der Waals surface area (Å²) in [4.78, 5) is 25.4. The van der Waals surface area contributed by atoms with Gasteiger partial charge in [0, 0.05) is 31.1 Å². The first kappa shape index (κ1) is 39.4. The predicted octanol–water partition coefficient (Wildman–Crippen LogP) is 5.52. The van der Waals surface area contributed by atoms with Crippen LogP contribution in [-0.4, -0.2) is 65.3 Å². The van der Waals surface area contributed by atoms with E-state index in [1.165, 1.54) is 27.0 Å². The first-order valence-electron chi connectivity index (χ1n) is 16.2. The molecule has 2 saturated carbocycles. The number of aryl methyl sites for hydroxylation is 2. The predicted molar refractivity (Wildman–Crippen MR) is 182 cm³/mol. The summed E-state index contributed by atoms with van der Waals surface area (Å²) in [5.41, 5.74) is -2.07. The van der Waals surface area contributed by atoms with Crippen molar-refractivity contribution >= 4 is 32.0 Å². The molecule has 0 amide bonds. The summed E-state index contributed by atoms with van der Waals surface area (Å²) in [5.74, 6) is -2.04. The van der Waals surface area contributed by atoms with Crippen molar-refractivity contribution in [3.63, 3.8) is 0 Å². The van der Waals surface area contributed by atoms with E-state index in [0.717, 1.165) is 18.1 Å². The number of carbonyl (C=O) groups is 2. The van der Waals surface area contributed by atoms with Gasteiger partial charge in [-0.05, 0) is 80.7 Å². The zero-order valence-electron chi connectivity index (χ0n) is 29.2. The Bertz CT molecular complexity index is 1870. The number of Topliss-reactive ketones (excluding diaryl/α,β-unsaturated/α-hetero) is 1. The number of ketones is 1. The number of alkyl halides is 2. The van der Waals surface area contributed by atoms with E-state index in [2.05, 4.69) is 11.8 Å². The lowest BCUT2D eigenvalue weighted by atomic mass is 9.74. The second-order valence-electron chi connectivity index (χ2n) is 13.7. The number of hydrogen-bond acceptors (Lipinski definition) is 10. The van der Waals surface area contributed by atoms with Gasteiger partial charge in [0.25, 0.3) is 20.2 Å². The van der Waals surface area contributed by atoms with E-state index < -0.39 is 73.4 Å². The molecule has 6 unspecified atom stereocenters. The van der Waals surface area contributed by atoms with Crippen LogP contribution in [0.15, 0.2) is 48.5 Å². The van der Waals surface area contributed by atoms with Crippen LogP contribution >= 0.6 is 0 Å². The van der Waals surface area contributed by atoms with Crippen LogP contribution in [0.1, 0.15) is 57.6 Å². The molecule has 0 heterocycles. The summed E-state index contributed by atoms with van der Waals surface area (Å²) >= 11 is 0. The Morgan fingerprint density at radius 2 is 1.60 bits per heavy atom. The van der Waals surface area contributed by atoms with E-state index in [0.29, 0.717) is 17.7 Å². The van der Waals surface area contributed by atoms with E-state index in [4.69, 9.17) is 17.8 Å². The molecule has 7 atom stereocenters. The molecule has 4 rings (SSSR count). The molecule has 10 nitrogen and oxygen atoms in total. The fourth-order valence-electron chi connectivity index (χ4n) is 7.31. The van der Waals surface area contributed by atoms with Crippen LogP contribution in [-0.2, 0) is 44.6 Å². The molecule has 0 saturated heterocycles. The van der Waals surface area contributed by atoms with Gasteiger partial charge in [0.2, 0.25) is 0 Å². The maximum absolute atomic E-state index is 14.6. The lowest BCUT2D eigenvalue weighted by Crippen LogP contribution is -2.58. The maximum atomic E-state index is 14.6. The molecule has 2 aromatic carbocycles. The van der Waals surface area contributed by atoms with Gasteiger partial charge in [-0.3, -0.25) is 13.2 Å². The molecule has 0 aromatic heterocycles. The summed E-state index contributed by atoms with van der Waals surface area (Å²) in [6, 6.07) is 13.4. The molecular formula is C36H44F2O10S2. The largest absolute Gasteiger partial charge is 0.497 e. The minimum Gasteiger partial charge on any atom is -0.497 e. The SMILES string of the molecule is COc1ccc(CCC(C)(OS(C)(=O)=O)C(C)(OS(C)(=O)=O)C2C3CC(=O)[C@@H](C(C)C#CCCC(F)(F)C(=O)Oc4ccccc4C)C32)cc1. The Hall–Kier alpha value is -3.38. The van der Waals surface area contributed by atoms with Crippen molar-refractivity contribution in [2.24, 2.45) is 29.6 Å². The second kappa shape index (κ2) is 14.7. The standard InChI is InChI=1S/C36H44F2O10S2/c1-23-12-8-9-14-29(23)46-33(40)36(37,38)20-11-10-13-24(2)30-28(39)22-27-31(30)32(27)35(4,48-50(7,43)44)34(3,47-49(6,41)42)21-19-25-15-17-26(45-5)18-16-25/h8-9,12,14-18,24,27,30-32H,11,19-22H2,1-7H3/t24?,27?,30-,31?,32?,34?,35?/m1/s1. The average molecular weight is 739 g/mol. The summed E-state index contributed by atoms with van der Waals surface area (Å²) in [7, 11) is -6.78. The number of esters is 1. The topological polar surface area (TPSA) is 139 Å². The van der Waals surface area contributed by atoms with Crippen molar-refractivity contribution in [2.45, 2.75) is 76.9 Å². The number of ether oxygens (including phenoxy) is 2. The molecule has 0 aliphatic heterocycles. The van der Waals surface area contributed by atoms with E-state index in [1.54, 1.807) is 56.3 Å². The molecule has 50 heavy (non-hydrogen) atoms. The highest BCUT2D eigenvalue weighted by molar-refractivity contribution is 7.86. The highest BCUT2D eigenvalue weighted by Gasteiger charge is 2.73. The van der Waals surface area contributed by atoms with Gasteiger partial charge in [-0.2, -0.15) is 25.6 Å². The van der Waals surface area contributed by atoms with Crippen LogP contribution < -0.4 is 9.47 Å². The molecule has 2 aliphatic carbocycles. The molecule has 0 N–H and O–H groups in total. The summed E-state index contributed by atoms with van der Waals surface area (Å²) in [5, 5.41) is 0. The lowest BCUT2D eigenvalue weighted by Gasteiger charge is -2.45. The zero-order chi connectivity index (χ0) is 37.3. The number of methoxy groups -OCH3 is 1. The van der Waals surface area contributed by atoms with Crippen LogP contribution in [0.5, 0.6) is 11.5 Å². The minimum absolute atomic E-state index is 0.0378. The first-order chi connectivity index (χ1) is 23.1. The number of carbonyl (C=O) groups excluding carboxylic acids is 2. The summed E-state index contributed by atoms with van der Waals surface area (Å²) in [6.45, 7) is 6.32. The lowest BCUT2D eigenvalue weighted by molar-refractivity contribution is -0.162. The molecule has 14 heteroatoms. The van der Waals surface area contributed by atoms with Gasteiger partial charge in [0.05, 0.1) is 19.6 Å². The third-order valence-electron chi connectivity index (χ3n) is 9.88. The maximum Gasteiger partial charge on any atom is 0.382 e. The van der Waals surface area contributed by atoms with Crippen LogP contribution in [0.2, 0.25) is 0 Å².